The number of hydrogen-bond acceptors (Lipinski definition) is 4. The molecule has 1 aromatic heterocycles. The van der Waals surface area contributed by atoms with Crippen molar-refractivity contribution in [3.05, 3.63) is 47.7 Å². The van der Waals surface area contributed by atoms with E-state index in [1.165, 1.54) is 5.56 Å². The molecule has 0 aliphatic carbocycles. The van der Waals surface area contributed by atoms with Crippen LogP contribution in [0.15, 0.2) is 40.9 Å². The number of nitrogens with zero attached hydrogens (tertiary/aromatic N) is 3. The Morgan fingerprint density at radius 1 is 1.21 bits per heavy atom. The molecule has 1 aliphatic rings. The Kier molecular flexibility index (Phi) is 5.36. The monoisotopic (exact) mass is 328 g/mol. The molecule has 3 rings (SSSR count). The number of anilines is 1. The molecule has 0 saturated carbocycles. The molecular formula is C18H24N4O2. The summed E-state index contributed by atoms with van der Waals surface area (Å²) >= 11 is 0. The van der Waals surface area contributed by atoms with E-state index in [0.29, 0.717) is 19.6 Å². The molecule has 1 aliphatic heterocycles. The molecule has 128 valence electrons. The summed E-state index contributed by atoms with van der Waals surface area (Å²) in [7, 11) is 0. The highest BCUT2D eigenvalue weighted by atomic mass is 16.5. The van der Waals surface area contributed by atoms with Crippen molar-refractivity contribution >= 4 is 11.8 Å². The number of amides is 2. The molecule has 2 aromatic rings. The molecule has 1 aromatic carbocycles. The highest BCUT2D eigenvalue weighted by molar-refractivity contribution is 5.74. The third-order valence-corrected chi connectivity index (χ3v) is 4.27. The first-order valence-electron chi connectivity index (χ1n) is 8.47. The summed E-state index contributed by atoms with van der Waals surface area (Å²) in [5, 5.41) is 7.05. The van der Waals surface area contributed by atoms with Crippen LogP contribution in [-0.2, 0) is 6.42 Å². The van der Waals surface area contributed by atoms with E-state index < -0.39 is 0 Å². The van der Waals surface area contributed by atoms with Gasteiger partial charge in [0.2, 0.25) is 0 Å². The van der Waals surface area contributed by atoms with Gasteiger partial charge in [0.15, 0.2) is 5.82 Å². The van der Waals surface area contributed by atoms with Gasteiger partial charge in [0.25, 0.3) is 0 Å². The predicted octanol–water partition coefficient (Wildman–Crippen LogP) is 2.45. The summed E-state index contributed by atoms with van der Waals surface area (Å²) in [6, 6.07) is 12.3. The Bertz CT molecular complexity index is 648. The van der Waals surface area contributed by atoms with Gasteiger partial charge in [-0.15, -0.1) is 0 Å². The number of aryl methyl sites for hydroxylation is 2. The van der Waals surface area contributed by atoms with E-state index >= 15 is 0 Å². The first-order valence-corrected chi connectivity index (χ1v) is 8.47. The molecule has 1 fully saturated rings. The molecule has 1 saturated heterocycles. The Hall–Kier alpha value is -2.50. The maximum Gasteiger partial charge on any atom is 0.317 e. The van der Waals surface area contributed by atoms with Crippen molar-refractivity contribution < 1.29 is 9.32 Å². The molecule has 24 heavy (non-hydrogen) atoms. The van der Waals surface area contributed by atoms with E-state index in [-0.39, 0.29) is 6.03 Å². The fraction of sp³-hybridized carbons (Fsp3) is 0.444. The highest BCUT2D eigenvalue weighted by Crippen LogP contribution is 2.15. The van der Waals surface area contributed by atoms with Crippen molar-refractivity contribution in [1.29, 1.82) is 0 Å². The van der Waals surface area contributed by atoms with E-state index in [2.05, 4.69) is 27.5 Å². The van der Waals surface area contributed by atoms with Crippen LogP contribution in [0.5, 0.6) is 0 Å². The predicted molar refractivity (Wildman–Crippen MR) is 93.2 cm³/mol. The van der Waals surface area contributed by atoms with E-state index in [0.717, 1.165) is 37.5 Å². The largest absolute Gasteiger partial charge is 0.360 e. The van der Waals surface area contributed by atoms with Gasteiger partial charge in [0.1, 0.15) is 5.76 Å². The van der Waals surface area contributed by atoms with Crippen molar-refractivity contribution in [3.63, 3.8) is 0 Å². The summed E-state index contributed by atoms with van der Waals surface area (Å²) in [6.07, 6.45) is 1.94. The molecule has 1 N–H and O–H groups in total. The molecule has 2 heterocycles. The molecule has 0 atom stereocenters. The smallest absolute Gasteiger partial charge is 0.317 e. The summed E-state index contributed by atoms with van der Waals surface area (Å²) in [5.41, 5.74) is 1.31. The van der Waals surface area contributed by atoms with Gasteiger partial charge in [-0.05, 0) is 25.3 Å². The van der Waals surface area contributed by atoms with Crippen LogP contribution in [-0.4, -0.2) is 48.8 Å². The van der Waals surface area contributed by atoms with Gasteiger partial charge in [-0.2, -0.15) is 0 Å². The van der Waals surface area contributed by atoms with Crippen molar-refractivity contribution in [2.45, 2.75) is 19.8 Å². The number of benzene rings is 1. The minimum Gasteiger partial charge on any atom is -0.360 e. The maximum atomic E-state index is 12.2. The Labute approximate surface area is 142 Å². The van der Waals surface area contributed by atoms with Crippen LogP contribution in [0.25, 0.3) is 0 Å². The van der Waals surface area contributed by atoms with Crippen molar-refractivity contribution in [2.24, 2.45) is 0 Å². The lowest BCUT2D eigenvalue weighted by Gasteiger charge is -2.34. The van der Waals surface area contributed by atoms with Gasteiger partial charge in [-0.25, -0.2) is 4.79 Å². The topological polar surface area (TPSA) is 61.6 Å². The minimum atomic E-state index is 0.0269. The fourth-order valence-electron chi connectivity index (χ4n) is 2.89. The number of nitrogens with one attached hydrogen (secondary N) is 1. The molecule has 0 radical (unpaired) electrons. The van der Waals surface area contributed by atoms with Crippen molar-refractivity contribution in [3.8, 4) is 0 Å². The number of rotatable bonds is 5. The lowest BCUT2D eigenvalue weighted by molar-refractivity contribution is 0.194. The lowest BCUT2D eigenvalue weighted by atomic mass is 10.1. The first-order chi connectivity index (χ1) is 11.7. The van der Waals surface area contributed by atoms with Crippen LogP contribution in [0, 0.1) is 6.92 Å². The molecule has 2 amide bonds. The number of urea groups is 1. The average Bonchev–Trinajstić information content (AvgIpc) is 3.06. The fourth-order valence-corrected chi connectivity index (χ4v) is 2.89. The lowest BCUT2D eigenvalue weighted by Crippen LogP contribution is -2.52. The van der Waals surface area contributed by atoms with Gasteiger partial charge in [0, 0.05) is 38.8 Å². The number of carbonyl (C=O) groups excluding carboxylic acids is 1. The zero-order valence-corrected chi connectivity index (χ0v) is 14.1. The molecule has 6 nitrogen and oxygen atoms in total. The van der Waals surface area contributed by atoms with Crippen LogP contribution >= 0.6 is 0 Å². The van der Waals surface area contributed by atoms with E-state index in [1.54, 1.807) is 0 Å². The van der Waals surface area contributed by atoms with Gasteiger partial charge in [0.05, 0.1) is 0 Å². The van der Waals surface area contributed by atoms with Crippen LogP contribution in [0.2, 0.25) is 0 Å². The van der Waals surface area contributed by atoms with E-state index in [1.807, 2.05) is 36.1 Å². The van der Waals surface area contributed by atoms with E-state index in [9.17, 15) is 4.79 Å². The second-order valence-electron chi connectivity index (χ2n) is 6.09. The quantitative estimate of drug-likeness (QED) is 0.857. The SMILES string of the molecule is Cc1cc(N2CCN(C(=O)NCCCc3ccccc3)CC2)no1. The Balaban J connectivity index is 1.36. The second kappa shape index (κ2) is 7.86. The van der Waals surface area contributed by atoms with Crippen molar-refractivity contribution in [2.75, 3.05) is 37.6 Å². The first kappa shape index (κ1) is 16.4. The van der Waals surface area contributed by atoms with Crippen LogP contribution in [0.3, 0.4) is 0 Å². The van der Waals surface area contributed by atoms with Gasteiger partial charge in [-0.1, -0.05) is 35.5 Å². The number of hydrogen-bond donors (Lipinski definition) is 1. The zero-order valence-electron chi connectivity index (χ0n) is 14.1. The number of aromatic nitrogens is 1. The normalized spacial score (nSPS) is 14.7. The molecule has 0 unspecified atom stereocenters. The third-order valence-electron chi connectivity index (χ3n) is 4.27. The maximum absolute atomic E-state index is 12.2. The van der Waals surface area contributed by atoms with Gasteiger partial charge >= 0.3 is 6.03 Å². The summed E-state index contributed by atoms with van der Waals surface area (Å²) in [6.45, 7) is 5.56. The third kappa shape index (κ3) is 4.28. The molecular weight excluding hydrogens is 304 g/mol. The van der Waals surface area contributed by atoms with Crippen LogP contribution < -0.4 is 10.2 Å². The van der Waals surface area contributed by atoms with Crippen LogP contribution in [0.1, 0.15) is 17.7 Å². The highest BCUT2D eigenvalue weighted by Gasteiger charge is 2.22. The average molecular weight is 328 g/mol. The summed E-state index contributed by atoms with van der Waals surface area (Å²) < 4.78 is 5.11. The van der Waals surface area contributed by atoms with Crippen LogP contribution in [0.4, 0.5) is 10.6 Å². The molecule has 0 bridgehead atoms. The zero-order chi connectivity index (χ0) is 16.8. The number of piperazine rings is 1. The second-order valence-corrected chi connectivity index (χ2v) is 6.09. The summed E-state index contributed by atoms with van der Waals surface area (Å²) in [5.74, 6) is 1.67. The molecule has 0 spiro atoms. The van der Waals surface area contributed by atoms with Crippen molar-refractivity contribution in [1.82, 2.24) is 15.4 Å². The standard InChI is InChI=1S/C18H24N4O2/c1-15-14-17(20-24-15)21-10-12-22(13-11-21)18(23)19-9-5-8-16-6-3-2-4-7-16/h2-4,6-7,14H,5,8-13H2,1H3,(H,19,23). The minimum absolute atomic E-state index is 0.0269. The molecule has 6 heteroatoms. The summed E-state index contributed by atoms with van der Waals surface area (Å²) in [4.78, 5) is 16.2. The Morgan fingerprint density at radius 2 is 1.96 bits per heavy atom. The van der Waals surface area contributed by atoms with Gasteiger partial charge < -0.3 is 19.6 Å². The number of carbonyl (C=O) groups is 1. The Morgan fingerprint density at radius 3 is 2.62 bits per heavy atom. The van der Waals surface area contributed by atoms with Gasteiger partial charge in [-0.3, -0.25) is 0 Å². The van der Waals surface area contributed by atoms with E-state index in [4.69, 9.17) is 4.52 Å².